The van der Waals surface area contributed by atoms with E-state index in [-0.39, 0.29) is 28.5 Å². The average Bonchev–Trinajstić information content (AvgIpc) is 2.87. The Kier molecular flexibility index (Phi) is 4.97. The summed E-state index contributed by atoms with van der Waals surface area (Å²) in [5.74, 6) is -0.0300. The Morgan fingerprint density at radius 3 is 2.44 bits per heavy atom. The minimum absolute atomic E-state index is 0.0380. The molecule has 25 heavy (non-hydrogen) atoms. The molecule has 0 N–H and O–H groups in total. The van der Waals surface area contributed by atoms with E-state index >= 15 is 0 Å². The molecule has 3 saturated heterocycles. The molecule has 3 heterocycles. The number of fused-ring (bicyclic) bond motifs is 4. The van der Waals surface area contributed by atoms with Crippen molar-refractivity contribution in [3.05, 3.63) is 24.3 Å². The van der Waals surface area contributed by atoms with E-state index in [1.54, 1.807) is 4.90 Å². The van der Waals surface area contributed by atoms with Gasteiger partial charge in [0.05, 0.1) is 4.90 Å². The molecule has 0 unspecified atom stereocenters. The second-order valence-corrected chi connectivity index (χ2v) is 8.34. The maximum absolute atomic E-state index is 13.0. The van der Waals surface area contributed by atoms with Crippen molar-refractivity contribution in [2.75, 3.05) is 19.6 Å². The zero-order chi connectivity index (χ0) is 18.2. The molecule has 1 amide bonds. The summed E-state index contributed by atoms with van der Waals surface area (Å²) < 4.78 is 56.1. The average molecular weight is 374 g/mol. The first kappa shape index (κ1) is 18.1. The van der Waals surface area contributed by atoms with Crippen LogP contribution in [0.5, 0.6) is 5.75 Å². The number of ether oxygens (including phenoxy) is 1. The van der Waals surface area contributed by atoms with E-state index in [1.165, 1.54) is 35.5 Å². The number of benzene rings is 1. The molecule has 0 radical (unpaired) electrons. The second kappa shape index (κ2) is 6.87. The lowest BCUT2D eigenvalue weighted by Gasteiger charge is -2.34. The number of alkyl halides is 2. The normalized spacial score (nSPS) is 24.4. The van der Waals surface area contributed by atoms with Crippen LogP contribution in [0.1, 0.15) is 19.8 Å². The molecule has 138 valence electrons. The molecular formula is C16H20F2N2O4S. The monoisotopic (exact) mass is 374 g/mol. The van der Waals surface area contributed by atoms with Gasteiger partial charge in [-0.25, -0.2) is 8.42 Å². The van der Waals surface area contributed by atoms with Crippen LogP contribution in [0.2, 0.25) is 0 Å². The molecule has 4 rings (SSSR count). The number of carbonyl (C=O) groups is 1. The maximum atomic E-state index is 13.0. The summed E-state index contributed by atoms with van der Waals surface area (Å²) in [5, 5.41) is 0. The number of amides is 1. The van der Waals surface area contributed by atoms with Crippen molar-refractivity contribution < 1.29 is 26.7 Å². The topological polar surface area (TPSA) is 66.9 Å². The Hall–Kier alpha value is -1.74. The summed E-state index contributed by atoms with van der Waals surface area (Å²) in [7, 11) is -3.76. The van der Waals surface area contributed by atoms with Gasteiger partial charge in [-0.15, -0.1) is 0 Å². The Balaban J connectivity index is 1.83. The third-order valence-corrected chi connectivity index (χ3v) is 6.70. The van der Waals surface area contributed by atoms with Gasteiger partial charge in [0.15, 0.2) is 0 Å². The van der Waals surface area contributed by atoms with E-state index in [1.807, 2.05) is 0 Å². The van der Waals surface area contributed by atoms with Gasteiger partial charge in [0.1, 0.15) is 5.75 Å². The highest BCUT2D eigenvalue weighted by Gasteiger charge is 2.41. The lowest BCUT2D eigenvalue weighted by atomic mass is 9.97. The predicted molar refractivity (Wildman–Crippen MR) is 85.7 cm³/mol. The first-order valence-corrected chi connectivity index (χ1v) is 9.53. The Bertz CT molecular complexity index is 739. The van der Waals surface area contributed by atoms with Gasteiger partial charge in [-0.3, -0.25) is 4.79 Å². The second-order valence-electron chi connectivity index (χ2n) is 6.45. The van der Waals surface area contributed by atoms with Gasteiger partial charge in [-0.2, -0.15) is 13.1 Å². The van der Waals surface area contributed by atoms with E-state index in [9.17, 15) is 22.0 Å². The van der Waals surface area contributed by atoms with Crippen molar-refractivity contribution >= 4 is 15.9 Å². The summed E-state index contributed by atoms with van der Waals surface area (Å²) in [6, 6.07) is 4.72. The minimum atomic E-state index is -3.76. The molecule has 0 spiro atoms. The minimum Gasteiger partial charge on any atom is -0.435 e. The highest BCUT2D eigenvalue weighted by molar-refractivity contribution is 7.89. The molecule has 2 bridgehead atoms. The number of halogens is 2. The SMILES string of the molecule is CC(=O)N1C[C@H]2CC[C@@H](C1)N(S(=O)(=O)c1ccc(OC(F)F)cc1)C2. The molecule has 2 atom stereocenters. The van der Waals surface area contributed by atoms with E-state index in [2.05, 4.69) is 4.74 Å². The van der Waals surface area contributed by atoms with E-state index in [0.717, 1.165) is 6.42 Å². The third-order valence-electron chi connectivity index (χ3n) is 4.76. The lowest BCUT2D eigenvalue weighted by Crippen LogP contribution is -2.47. The van der Waals surface area contributed by atoms with E-state index < -0.39 is 16.6 Å². The van der Waals surface area contributed by atoms with Crippen LogP contribution in [0, 0.1) is 5.92 Å². The third kappa shape index (κ3) is 3.77. The standard InChI is InChI=1S/C16H20F2N2O4S/c1-11(21)19-8-12-2-3-13(10-19)20(9-12)25(22,23)15-6-4-14(5-7-15)24-16(17)18/h4-7,12-13,16H,2-3,8-10H2,1H3/t12-,13+/m1/s1. The molecule has 1 aromatic rings. The maximum Gasteiger partial charge on any atom is 0.387 e. The fourth-order valence-corrected chi connectivity index (χ4v) is 5.24. The summed E-state index contributed by atoms with van der Waals surface area (Å²) >= 11 is 0. The van der Waals surface area contributed by atoms with Crippen molar-refractivity contribution in [2.24, 2.45) is 5.92 Å². The lowest BCUT2D eigenvalue weighted by molar-refractivity contribution is -0.129. The van der Waals surface area contributed by atoms with Gasteiger partial charge in [-0.1, -0.05) is 0 Å². The molecular weight excluding hydrogens is 354 g/mol. The van der Waals surface area contributed by atoms with Gasteiger partial charge in [0.2, 0.25) is 15.9 Å². The van der Waals surface area contributed by atoms with Gasteiger partial charge >= 0.3 is 6.61 Å². The van der Waals surface area contributed by atoms with E-state index in [0.29, 0.717) is 26.1 Å². The number of rotatable bonds is 4. The molecule has 9 heteroatoms. The molecule has 0 aliphatic carbocycles. The van der Waals surface area contributed by atoms with Crippen LogP contribution in [0.25, 0.3) is 0 Å². The van der Waals surface area contributed by atoms with Crippen molar-refractivity contribution in [1.29, 1.82) is 0 Å². The van der Waals surface area contributed by atoms with Gasteiger partial charge < -0.3 is 9.64 Å². The number of hydrogen-bond acceptors (Lipinski definition) is 4. The fourth-order valence-electron chi connectivity index (χ4n) is 3.52. The number of nitrogens with zero attached hydrogens (tertiary/aromatic N) is 2. The van der Waals surface area contributed by atoms with Crippen LogP contribution in [-0.2, 0) is 14.8 Å². The highest BCUT2D eigenvalue weighted by atomic mass is 32.2. The number of piperidine rings is 1. The molecule has 3 fully saturated rings. The van der Waals surface area contributed by atoms with Crippen LogP contribution < -0.4 is 4.74 Å². The zero-order valence-electron chi connectivity index (χ0n) is 13.8. The van der Waals surface area contributed by atoms with Crippen LogP contribution in [0.3, 0.4) is 0 Å². The quantitative estimate of drug-likeness (QED) is 0.808. The number of hydrogen-bond donors (Lipinski definition) is 0. The molecule has 3 aliphatic rings. The van der Waals surface area contributed by atoms with Crippen molar-refractivity contribution in [3.8, 4) is 5.75 Å². The van der Waals surface area contributed by atoms with Crippen molar-refractivity contribution in [2.45, 2.75) is 37.3 Å². The van der Waals surface area contributed by atoms with Gasteiger partial charge in [0.25, 0.3) is 0 Å². The van der Waals surface area contributed by atoms with Gasteiger partial charge in [-0.05, 0) is 43.0 Å². The van der Waals surface area contributed by atoms with E-state index in [4.69, 9.17) is 0 Å². The first-order chi connectivity index (χ1) is 11.8. The summed E-state index contributed by atoms with van der Waals surface area (Å²) in [6.07, 6.45) is 1.60. The van der Waals surface area contributed by atoms with Crippen LogP contribution in [-0.4, -0.2) is 55.8 Å². The molecule has 6 nitrogen and oxygen atoms in total. The molecule has 0 aromatic heterocycles. The van der Waals surface area contributed by atoms with Crippen molar-refractivity contribution in [1.82, 2.24) is 9.21 Å². The number of sulfonamides is 1. The fraction of sp³-hybridized carbons (Fsp3) is 0.562. The summed E-state index contributed by atoms with van der Waals surface area (Å²) in [5.41, 5.74) is 0. The molecule has 3 aliphatic heterocycles. The zero-order valence-corrected chi connectivity index (χ0v) is 14.6. The highest BCUT2D eigenvalue weighted by Crippen LogP contribution is 2.33. The Labute approximate surface area is 145 Å². The van der Waals surface area contributed by atoms with Gasteiger partial charge in [0, 0.05) is 32.6 Å². The summed E-state index contributed by atoms with van der Waals surface area (Å²) in [6.45, 7) is -0.144. The molecule has 0 saturated carbocycles. The van der Waals surface area contributed by atoms with Crippen LogP contribution >= 0.6 is 0 Å². The van der Waals surface area contributed by atoms with Crippen LogP contribution in [0.4, 0.5) is 8.78 Å². The Morgan fingerprint density at radius 2 is 1.84 bits per heavy atom. The predicted octanol–water partition coefficient (Wildman–Crippen LogP) is 1.92. The summed E-state index contributed by atoms with van der Waals surface area (Å²) in [4.78, 5) is 13.4. The van der Waals surface area contributed by atoms with Crippen LogP contribution in [0.15, 0.2) is 29.2 Å². The van der Waals surface area contributed by atoms with Crippen molar-refractivity contribution in [3.63, 3.8) is 0 Å². The first-order valence-electron chi connectivity index (χ1n) is 8.09. The largest absolute Gasteiger partial charge is 0.435 e. The molecule has 1 aromatic carbocycles. The number of carbonyl (C=O) groups excluding carboxylic acids is 1. The Morgan fingerprint density at radius 1 is 1.16 bits per heavy atom. The smallest absolute Gasteiger partial charge is 0.387 e.